The van der Waals surface area contributed by atoms with Crippen LogP contribution in [0.2, 0.25) is 0 Å². The average molecular weight is 298 g/mol. The van der Waals surface area contributed by atoms with Crippen molar-refractivity contribution >= 4 is 6.29 Å². The van der Waals surface area contributed by atoms with Gasteiger partial charge in [-0.3, -0.25) is 0 Å². The molecule has 6 atom stereocenters. The number of hydrogen-bond acceptors (Lipinski definition) is 2. The van der Waals surface area contributed by atoms with Gasteiger partial charge in [-0.25, -0.2) is 0 Å². The van der Waals surface area contributed by atoms with E-state index in [1.165, 1.54) is 62.6 Å². The predicted molar refractivity (Wildman–Crippen MR) is 84.5 cm³/mol. The maximum absolute atomic E-state index is 11.5. The maximum Gasteiger partial charge on any atom is 0.123 e. The summed E-state index contributed by atoms with van der Waals surface area (Å²) in [6.45, 7) is 2.56. The second-order valence-corrected chi connectivity index (χ2v) is 8.86. The first kappa shape index (κ1) is 13.4. The Bertz CT molecular complexity index is 617. The first-order valence-corrected chi connectivity index (χ1v) is 9.18. The summed E-state index contributed by atoms with van der Waals surface area (Å²) in [5, 5.41) is 0. The van der Waals surface area contributed by atoms with Crippen LogP contribution in [0.4, 0.5) is 0 Å². The Morgan fingerprint density at radius 3 is 3.00 bits per heavy atom. The zero-order valence-corrected chi connectivity index (χ0v) is 13.5. The van der Waals surface area contributed by atoms with Crippen LogP contribution < -0.4 is 0 Å². The number of aryl methyl sites for hydroxylation is 1. The third-order valence-electron chi connectivity index (χ3n) is 8.23. The minimum Gasteiger partial charge on any atom is -0.469 e. The lowest BCUT2D eigenvalue weighted by molar-refractivity contribution is -0.112. The van der Waals surface area contributed by atoms with Crippen molar-refractivity contribution in [2.24, 2.45) is 28.6 Å². The molecular weight excluding hydrogens is 272 g/mol. The predicted octanol–water partition coefficient (Wildman–Crippen LogP) is 4.73. The molecular formula is C20H26O2. The molecule has 3 fully saturated rings. The van der Waals surface area contributed by atoms with Gasteiger partial charge >= 0.3 is 0 Å². The van der Waals surface area contributed by atoms with E-state index in [-0.39, 0.29) is 0 Å². The van der Waals surface area contributed by atoms with E-state index < -0.39 is 0 Å². The van der Waals surface area contributed by atoms with E-state index in [9.17, 15) is 4.79 Å². The van der Waals surface area contributed by atoms with Gasteiger partial charge in [0.2, 0.25) is 0 Å². The molecule has 1 heterocycles. The summed E-state index contributed by atoms with van der Waals surface area (Å²) >= 11 is 0. The van der Waals surface area contributed by atoms with Crippen molar-refractivity contribution in [3.05, 3.63) is 23.7 Å². The van der Waals surface area contributed by atoms with Gasteiger partial charge in [-0.2, -0.15) is 0 Å². The average Bonchev–Trinajstić information content (AvgIpc) is 3.09. The Morgan fingerprint density at radius 1 is 1.23 bits per heavy atom. The topological polar surface area (TPSA) is 30.2 Å². The van der Waals surface area contributed by atoms with Gasteiger partial charge in [-0.15, -0.1) is 0 Å². The molecule has 3 saturated carbocycles. The van der Waals surface area contributed by atoms with Gasteiger partial charge in [-0.05, 0) is 85.2 Å². The Morgan fingerprint density at radius 2 is 2.14 bits per heavy atom. The molecule has 1 spiro atoms. The first-order valence-electron chi connectivity index (χ1n) is 9.18. The molecule has 0 saturated heterocycles. The maximum atomic E-state index is 11.5. The number of rotatable bonds is 1. The second kappa shape index (κ2) is 4.27. The molecule has 0 aromatic carbocycles. The molecule has 1 aromatic rings. The minimum atomic E-state index is 0.359. The fourth-order valence-electron chi connectivity index (χ4n) is 7.36. The summed E-state index contributed by atoms with van der Waals surface area (Å²) in [6.07, 6.45) is 13.4. The second-order valence-electron chi connectivity index (χ2n) is 8.86. The molecule has 0 aliphatic heterocycles. The van der Waals surface area contributed by atoms with Crippen molar-refractivity contribution in [2.45, 2.75) is 64.2 Å². The fraction of sp³-hybridized carbons (Fsp3) is 0.750. The standard InChI is InChI=1S/C20H26O2/c1-19-7-5-17-15(6-9-22-17)16(19)4-8-20-10-13(2-3-18(19)20)14(11-20)12-21/h6,9,12-14,16,18H,2-5,7-8,10-11H2,1H3/t13-,14?,16-,18?,19-,20+/m1/s1. The van der Waals surface area contributed by atoms with Gasteiger partial charge in [0, 0.05) is 12.3 Å². The highest BCUT2D eigenvalue weighted by molar-refractivity contribution is 5.55. The van der Waals surface area contributed by atoms with Crippen molar-refractivity contribution in [3.8, 4) is 0 Å². The number of hydrogen-bond donors (Lipinski definition) is 0. The van der Waals surface area contributed by atoms with Crippen LogP contribution in [-0.4, -0.2) is 6.29 Å². The van der Waals surface area contributed by atoms with Crippen molar-refractivity contribution in [1.29, 1.82) is 0 Å². The molecule has 2 bridgehead atoms. The molecule has 118 valence electrons. The molecule has 0 amide bonds. The Kier molecular flexibility index (Phi) is 2.60. The van der Waals surface area contributed by atoms with E-state index in [0.29, 0.717) is 28.6 Å². The van der Waals surface area contributed by atoms with Gasteiger partial charge in [0.25, 0.3) is 0 Å². The van der Waals surface area contributed by atoms with Gasteiger partial charge in [0.1, 0.15) is 12.0 Å². The van der Waals surface area contributed by atoms with Gasteiger partial charge in [0.05, 0.1) is 6.26 Å². The largest absolute Gasteiger partial charge is 0.469 e. The van der Waals surface area contributed by atoms with Crippen molar-refractivity contribution in [1.82, 2.24) is 0 Å². The number of aldehydes is 1. The van der Waals surface area contributed by atoms with E-state index >= 15 is 0 Å². The monoisotopic (exact) mass is 298 g/mol. The van der Waals surface area contributed by atoms with Crippen LogP contribution in [0.15, 0.2) is 16.7 Å². The van der Waals surface area contributed by atoms with Crippen LogP contribution >= 0.6 is 0 Å². The molecule has 0 radical (unpaired) electrons. The van der Waals surface area contributed by atoms with Crippen LogP contribution in [0.1, 0.15) is 69.1 Å². The molecule has 5 rings (SSSR count). The molecule has 2 unspecified atom stereocenters. The lowest BCUT2D eigenvalue weighted by Gasteiger charge is -2.59. The lowest BCUT2D eigenvalue weighted by atomic mass is 9.45. The normalized spacial score (nSPS) is 49.1. The van der Waals surface area contributed by atoms with Crippen LogP contribution in [0.5, 0.6) is 0 Å². The molecule has 4 aliphatic rings. The summed E-state index contributed by atoms with van der Waals surface area (Å²) in [7, 11) is 0. The van der Waals surface area contributed by atoms with Gasteiger partial charge in [0.15, 0.2) is 0 Å². The van der Waals surface area contributed by atoms with Crippen molar-refractivity contribution in [3.63, 3.8) is 0 Å². The third-order valence-corrected chi connectivity index (χ3v) is 8.23. The van der Waals surface area contributed by atoms with Gasteiger partial charge < -0.3 is 9.21 Å². The Balaban J connectivity index is 1.56. The summed E-state index contributed by atoms with van der Waals surface area (Å²) < 4.78 is 5.73. The third kappa shape index (κ3) is 1.49. The summed E-state index contributed by atoms with van der Waals surface area (Å²) in [6, 6.07) is 2.24. The summed E-state index contributed by atoms with van der Waals surface area (Å²) in [4.78, 5) is 11.5. The van der Waals surface area contributed by atoms with Crippen LogP contribution in [0.3, 0.4) is 0 Å². The molecule has 1 aromatic heterocycles. The van der Waals surface area contributed by atoms with Crippen molar-refractivity contribution < 1.29 is 9.21 Å². The van der Waals surface area contributed by atoms with Crippen LogP contribution in [0, 0.1) is 28.6 Å². The molecule has 22 heavy (non-hydrogen) atoms. The number of fused-ring (bicyclic) bond motifs is 5. The first-order chi connectivity index (χ1) is 10.7. The quantitative estimate of drug-likeness (QED) is 0.702. The van der Waals surface area contributed by atoms with E-state index in [1.807, 2.05) is 6.26 Å². The highest BCUT2D eigenvalue weighted by atomic mass is 16.3. The summed E-state index contributed by atoms with van der Waals surface area (Å²) in [5.41, 5.74) is 2.43. The lowest BCUT2D eigenvalue weighted by Crippen LogP contribution is -2.50. The van der Waals surface area contributed by atoms with Crippen LogP contribution in [0.25, 0.3) is 0 Å². The van der Waals surface area contributed by atoms with Gasteiger partial charge in [-0.1, -0.05) is 6.92 Å². The van der Waals surface area contributed by atoms with E-state index in [2.05, 4.69) is 13.0 Å². The molecule has 4 aliphatic carbocycles. The zero-order chi connectivity index (χ0) is 14.9. The molecule has 2 heteroatoms. The Hall–Kier alpha value is -1.05. The summed E-state index contributed by atoms with van der Waals surface area (Å²) in [5.74, 6) is 3.82. The fourth-order valence-corrected chi connectivity index (χ4v) is 7.36. The Labute approximate surface area is 132 Å². The smallest absolute Gasteiger partial charge is 0.123 e. The van der Waals surface area contributed by atoms with Crippen LogP contribution in [-0.2, 0) is 11.2 Å². The van der Waals surface area contributed by atoms with E-state index in [1.54, 1.807) is 0 Å². The number of carbonyl (C=O) groups excluding carboxylic acids is 1. The number of furan rings is 1. The SMILES string of the molecule is C[C@@]12CCc3occc3[C@H]1CC[C@]13CC(C=O)[C@H](CCC12)C3. The molecule has 0 N–H and O–H groups in total. The minimum absolute atomic E-state index is 0.359. The van der Waals surface area contributed by atoms with E-state index in [4.69, 9.17) is 4.42 Å². The molecule has 2 nitrogen and oxygen atoms in total. The highest BCUT2D eigenvalue weighted by Crippen LogP contribution is 2.71. The zero-order valence-electron chi connectivity index (χ0n) is 13.5. The van der Waals surface area contributed by atoms with E-state index in [0.717, 1.165) is 12.3 Å². The highest BCUT2D eigenvalue weighted by Gasteiger charge is 2.62. The van der Waals surface area contributed by atoms with Crippen molar-refractivity contribution in [2.75, 3.05) is 0 Å². The number of carbonyl (C=O) groups is 1.